The van der Waals surface area contributed by atoms with E-state index in [1.807, 2.05) is 0 Å². The van der Waals surface area contributed by atoms with E-state index >= 15 is 0 Å². The average molecular weight is 220 g/mol. The molecular formula is C11H24O4. The second-order valence-corrected chi connectivity index (χ2v) is 3.18. The van der Waals surface area contributed by atoms with Crippen LogP contribution in [0.25, 0.3) is 0 Å². The van der Waals surface area contributed by atoms with E-state index in [1.54, 1.807) is 7.11 Å². The quantitative estimate of drug-likeness (QED) is 0.467. The molecular weight excluding hydrogens is 196 g/mol. The molecule has 0 fully saturated rings. The average Bonchev–Trinajstić information content (AvgIpc) is 2.26. The van der Waals surface area contributed by atoms with Gasteiger partial charge < -0.3 is 18.9 Å². The number of ether oxygens (including phenoxy) is 4. The Labute approximate surface area is 92.8 Å². The standard InChI is InChI=1S/C11H24O4/c1-3-5-13-8-10-15-11-9-14-7-4-6-12-2/h3-11H2,1-2H3. The molecule has 4 nitrogen and oxygen atoms in total. The Morgan fingerprint density at radius 2 is 1.20 bits per heavy atom. The lowest BCUT2D eigenvalue weighted by Crippen LogP contribution is -2.10. The fourth-order valence-corrected chi connectivity index (χ4v) is 0.992. The fourth-order valence-electron chi connectivity index (χ4n) is 0.992. The van der Waals surface area contributed by atoms with Crippen LogP contribution >= 0.6 is 0 Å². The van der Waals surface area contributed by atoms with Crippen molar-refractivity contribution in [3.05, 3.63) is 0 Å². The van der Waals surface area contributed by atoms with Crippen molar-refractivity contribution >= 4 is 0 Å². The molecule has 0 saturated heterocycles. The van der Waals surface area contributed by atoms with Gasteiger partial charge in [-0.15, -0.1) is 0 Å². The van der Waals surface area contributed by atoms with E-state index in [9.17, 15) is 0 Å². The molecule has 0 aliphatic rings. The Hall–Kier alpha value is -0.160. The zero-order valence-electron chi connectivity index (χ0n) is 10.00. The SMILES string of the molecule is CCCOCCOCCOCCCOC. The van der Waals surface area contributed by atoms with Crippen LogP contribution in [-0.4, -0.2) is 53.4 Å². The molecule has 0 unspecified atom stereocenters. The normalized spacial score (nSPS) is 10.8. The first-order valence-electron chi connectivity index (χ1n) is 5.64. The lowest BCUT2D eigenvalue weighted by Gasteiger charge is -2.06. The maximum atomic E-state index is 5.32. The topological polar surface area (TPSA) is 36.9 Å². The van der Waals surface area contributed by atoms with Gasteiger partial charge in [-0.2, -0.15) is 0 Å². The van der Waals surface area contributed by atoms with Gasteiger partial charge in [-0.25, -0.2) is 0 Å². The lowest BCUT2D eigenvalue weighted by molar-refractivity contribution is 0.0114. The lowest BCUT2D eigenvalue weighted by atomic mass is 10.5. The molecule has 0 aromatic rings. The Balaban J connectivity index is 2.81. The molecule has 0 aromatic carbocycles. The Morgan fingerprint density at radius 1 is 0.667 bits per heavy atom. The molecule has 0 bridgehead atoms. The van der Waals surface area contributed by atoms with Crippen LogP contribution in [0, 0.1) is 0 Å². The van der Waals surface area contributed by atoms with Gasteiger partial charge in [0.15, 0.2) is 0 Å². The highest BCUT2D eigenvalue weighted by molar-refractivity contribution is 4.35. The molecule has 0 N–H and O–H groups in total. The fraction of sp³-hybridized carbons (Fsp3) is 1.00. The van der Waals surface area contributed by atoms with Crippen molar-refractivity contribution in [2.24, 2.45) is 0 Å². The van der Waals surface area contributed by atoms with Crippen LogP contribution in [0.15, 0.2) is 0 Å². The van der Waals surface area contributed by atoms with Gasteiger partial charge in [-0.1, -0.05) is 6.92 Å². The number of hydrogen-bond acceptors (Lipinski definition) is 4. The third kappa shape index (κ3) is 13.8. The Kier molecular flexibility index (Phi) is 13.7. The second-order valence-electron chi connectivity index (χ2n) is 3.18. The van der Waals surface area contributed by atoms with E-state index in [0.717, 1.165) is 32.7 Å². The van der Waals surface area contributed by atoms with Gasteiger partial charge in [0.25, 0.3) is 0 Å². The first-order valence-corrected chi connectivity index (χ1v) is 5.64. The summed E-state index contributed by atoms with van der Waals surface area (Å²) < 4.78 is 20.8. The third-order valence-electron chi connectivity index (χ3n) is 1.73. The van der Waals surface area contributed by atoms with Gasteiger partial charge in [-0.05, 0) is 12.8 Å². The molecule has 0 spiro atoms. The number of methoxy groups -OCH3 is 1. The first-order chi connectivity index (χ1) is 7.41. The largest absolute Gasteiger partial charge is 0.385 e. The zero-order valence-corrected chi connectivity index (χ0v) is 10.00. The predicted octanol–water partition coefficient (Wildman–Crippen LogP) is 1.48. The summed E-state index contributed by atoms with van der Waals surface area (Å²) in [6.45, 7) is 7.03. The summed E-state index contributed by atoms with van der Waals surface area (Å²) >= 11 is 0. The van der Waals surface area contributed by atoms with E-state index in [2.05, 4.69) is 6.92 Å². The summed E-state index contributed by atoms with van der Waals surface area (Å²) in [4.78, 5) is 0. The number of rotatable bonds is 12. The summed E-state index contributed by atoms with van der Waals surface area (Å²) in [6, 6.07) is 0. The van der Waals surface area contributed by atoms with Gasteiger partial charge in [-0.3, -0.25) is 0 Å². The van der Waals surface area contributed by atoms with Gasteiger partial charge in [0.2, 0.25) is 0 Å². The molecule has 0 amide bonds. The van der Waals surface area contributed by atoms with Crippen LogP contribution < -0.4 is 0 Å². The van der Waals surface area contributed by atoms with Crippen LogP contribution in [0.1, 0.15) is 19.8 Å². The summed E-state index contributed by atoms with van der Waals surface area (Å²) in [5.74, 6) is 0. The molecule has 0 aliphatic heterocycles. The summed E-state index contributed by atoms with van der Waals surface area (Å²) in [5.41, 5.74) is 0. The second kappa shape index (κ2) is 13.8. The molecule has 4 heteroatoms. The maximum absolute atomic E-state index is 5.32. The van der Waals surface area contributed by atoms with Crippen molar-refractivity contribution in [1.29, 1.82) is 0 Å². The monoisotopic (exact) mass is 220 g/mol. The van der Waals surface area contributed by atoms with Gasteiger partial charge in [0.05, 0.1) is 26.4 Å². The minimum atomic E-state index is 0.641. The van der Waals surface area contributed by atoms with E-state index < -0.39 is 0 Å². The van der Waals surface area contributed by atoms with Crippen molar-refractivity contribution < 1.29 is 18.9 Å². The molecule has 15 heavy (non-hydrogen) atoms. The molecule has 0 rings (SSSR count). The van der Waals surface area contributed by atoms with Gasteiger partial charge >= 0.3 is 0 Å². The minimum Gasteiger partial charge on any atom is -0.385 e. The van der Waals surface area contributed by atoms with Crippen LogP contribution in [0.2, 0.25) is 0 Å². The smallest absolute Gasteiger partial charge is 0.0701 e. The first kappa shape index (κ1) is 14.8. The molecule has 0 aromatic heterocycles. The van der Waals surface area contributed by atoms with E-state index in [0.29, 0.717) is 26.4 Å². The highest BCUT2D eigenvalue weighted by Gasteiger charge is 1.91. The summed E-state index contributed by atoms with van der Waals surface area (Å²) in [5, 5.41) is 0. The highest BCUT2D eigenvalue weighted by Crippen LogP contribution is 1.85. The molecule has 0 radical (unpaired) electrons. The number of hydrogen-bond donors (Lipinski definition) is 0. The van der Waals surface area contributed by atoms with Crippen LogP contribution in [-0.2, 0) is 18.9 Å². The van der Waals surface area contributed by atoms with Gasteiger partial charge in [0.1, 0.15) is 0 Å². The Morgan fingerprint density at radius 3 is 1.73 bits per heavy atom. The van der Waals surface area contributed by atoms with Crippen LogP contribution in [0.3, 0.4) is 0 Å². The van der Waals surface area contributed by atoms with E-state index in [1.165, 1.54) is 0 Å². The van der Waals surface area contributed by atoms with Crippen LogP contribution in [0.5, 0.6) is 0 Å². The van der Waals surface area contributed by atoms with Crippen LogP contribution in [0.4, 0.5) is 0 Å². The minimum absolute atomic E-state index is 0.641. The van der Waals surface area contributed by atoms with Crippen molar-refractivity contribution in [2.45, 2.75) is 19.8 Å². The molecule has 0 aliphatic carbocycles. The highest BCUT2D eigenvalue weighted by atomic mass is 16.5. The summed E-state index contributed by atoms with van der Waals surface area (Å²) in [7, 11) is 1.69. The zero-order chi connectivity index (χ0) is 11.2. The van der Waals surface area contributed by atoms with Crippen molar-refractivity contribution in [3.63, 3.8) is 0 Å². The maximum Gasteiger partial charge on any atom is 0.0701 e. The van der Waals surface area contributed by atoms with E-state index in [4.69, 9.17) is 18.9 Å². The summed E-state index contributed by atoms with van der Waals surface area (Å²) in [6.07, 6.45) is 2.00. The predicted molar refractivity (Wildman–Crippen MR) is 59.2 cm³/mol. The molecule has 0 heterocycles. The van der Waals surface area contributed by atoms with Gasteiger partial charge in [0, 0.05) is 26.9 Å². The Bertz CT molecular complexity index is 96.8. The van der Waals surface area contributed by atoms with Crippen molar-refractivity contribution in [2.75, 3.05) is 53.4 Å². The third-order valence-corrected chi connectivity index (χ3v) is 1.73. The molecule has 92 valence electrons. The molecule has 0 saturated carbocycles. The van der Waals surface area contributed by atoms with Crippen molar-refractivity contribution in [3.8, 4) is 0 Å². The molecule has 0 atom stereocenters. The van der Waals surface area contributed by atoms with Crippen molar-refractivity contribution in [1.82, 2.24) is 0 Å². The van der Waals surface area contributed by atoms with E-state index in [-0.39, 0.29) is 0 Å².